The molecule has 118 valence electrons. The van der Waals surface area contributed by atoms with Crippen molar-refractivity contribution in [3.05, 3.63) is 94.2 Å². The van der Waals surface area contributed by atoms with Crippen molar-refractivity contribution in [1.29, 1.82) is 0 Å². The molecule has 0 saturated carbocycles. The zero-order chi connectivity index (χ0) is 15.9. The number of hydrogen-bond donors (Lipinski definition) is 1. The SMILES string of the molecule is OC(CN(Cc1ccccc1)Cc1cccs1)c1ccccc1. The van der Waals surface area contributed by atoms with E-state index >= 15 is 0 Å². The molecule has 3 heteroatoms. The zero-order valence-corrected chi connectivity index (χ0v) is 13.8. The van der Waals surface area contributed by atoms with Crippen LogP contribution >= 0.6 is 11.3 Å². The van der Waals surface area contributed by atoms with Crippen molar-refractivity contribution in [2.45, 2.75) is 19.2 Å². The molecule has 0 amide bonds. The van der Waals surface area contributed by atoms with Crippen LogP contribution in [0.25, 0.3) is 0 Å². The summed E-state index contributed by atoms with van der Waals surface area (Å²) >= 11 is 1.76. The summed E-state index contributed by atoms with van der Waals surface area (Å²) in [5, 5.41) is 12.7. The lowest BCUT2D eigenvalue weighted by Crippen LogP contribution is -2.27. The van der Waals surface area contributed by atoms with Crippen molar-refractivity contribution in [1.82, 2.24) is 4.90 Å². The fourth-order valence-electron chi connectivity index (χ4n) is 2.67. The third-order valence-electron chi connectivity index (χ3n) is 3.82. The van der Waals surface area contributed by atoms with E-state index in [1.165, 1.54) is 10.4 Å². The summed E-state index contributed by atoms with van der Waals surface area (Å²) in [7, 11) is 0. The highest BCUT2D eigenvalue weighted by Crippen LogP contribution is 2.19. The summed E-state index contributed by atoms with van der Waals surface area (Å²) in [6.07, 6.45) is -0.472. The predicted molar refractivity (Wildman–Crippen MR) is 96.3 cm³/mol. The molecular weight excluding hydrogens is 302 g/mol. The molecule has 0 aliphatic heterocycles. The van der Waals surface area contributed by atoms with Crippen LogP contribution in [0.5, 0.6) is 0 Å². The maximum absolute atomic E-state index is 10.6. The Hall–Kier alpha value is -1.94. The quantitative estimate of drug-likeness (QED) is 0.693. The minimum absolute atomic E-state index is 0.472. The second kappa shape index (κ2) is 8.06. The van der Waals surface area contributed by atoms with Gasteiger partial charge in [0.1, 0.15) is 0 Å². The first-order chi connectivity index (χ1) is 11.3. The van der Waals surface area contributed by atoms with Crippen LogP contribution < -0.4 is 0 Å². The highest BCUT2D eigenvalue weighted by molar-refractivity contribution is 7.09. The van der Waals surface area contributed by atoms with Crippen LogP contribution in [0.1, 0.15) is 22.1 Å². The highest BCUT2D eigenvalue weighted by atomic mass is 32.1. The van der Waals surface area contributed by atoms with E-state index in [4.69, 9.17) is 0 Å². The third kappa shape index (κ3) is 4.76. The van der Waals surface area contributed by atoms with Gasteiger partial charge in [-0.2, -0.15) is 0 Å². The summed E-state index contributed by atoms with van der Waals surface area (Å²) in [5.41, 5.74) is 2.24. The second-order valence-electron chi connectivity index (χ2n) is 5.66. The van der Waals surface area contributed by atoms with Gasteiger partial charge in [-0.05, 0) is 22.6 Å². The van der Waals surface area contributed by atoms with Gasteiger partial charge in [0.15, 0.2) is 0 Å². The lowest BCUT2D eigenvalue weighted by atomic mass is 10.1. The highest BCUT2D eigenvalue weighted by Gasteiger charge is 2.14. The Morgan fingerprint density at radius 3 is 2.17 bits per heavy atom. The average molecular weight is 323 g/mol. The molecule has 1 heterocycles. The molecule has 3 rings (SSSR count). The number of benzene rings is 2. The number of rotatable bonds is 7. The molecule has 1 aromatic heterocycles. The van der Waals surface area contributed by atoms with Gasteiger partial charge in [0.2, 0.25) is 0 Å². The van der Waals surface area contributed by atoms with Crippen LogP contribution in [0.3, 0.4) is 0 Å². The standard InChI is InChI=1S/C20H21NOS/c22-20(18-10-5-2-6-11-18)16-21(15-19-12-7-13-23-19)14-17-8-3-1-4-9-17/h1-13,20,22H,14-16H2. The first kappa shape index (κ1) is 15.9. The predicted octanol–water partition coefficient (Wildman–Crippen LogP) is 4.48. The minimum Gasteiger partial charge on any atom is -0.387 e. The summed E-state index contributed by atoms with van der Waals surface area (Å²) in [4.78, 5) is 3.62. The fraction of sp³-hybridized carbons (Fsp3) is 0.200. The molecule has 0 fully saturated rings. The van der Waals surface area contributed by atoms with Crippen molar-refractivity contribution in [3.8, 4) is 0 Å². The van der Waals surface area contributed by atoms with E-state index in [-0.39, 0.29) is 0 Å². The first-order valence-electron chi connectivity index (χ1n) is 7.83. The fourth-order valence-corrected chi connectivity index (χ4v) is 3.42. The molecule has 0 aliphatic carbocycles. The van der Waals surface area contributed by atoms with E-state index in [1.807, 2.05) is 36.4 Å². The van der Waals surface area contributed by atoms with Crippen molar-refractivity contribution >= 4 is 11.3 Å². The lowest BCUT2D eigenvalue weighted by molar-refractivity contribution is 0.105. The van der Waals surface area contributed by atoms with Gasteiger partial charge in [0.05, 0.1) is 6.10 Å². The Bertz CT molecular complexity index is 682. The molecular formula is C20H21NOS. The molecule has 0 aliphatic rings. The van der Waals surface area contributed by atoms with E-state index in [0.717, 1.165) is 18.7 Å². The van der Waals surface area contributed by atoms with Gasteiger partial charge in [0, 0.05) is 24.5 Å². The van der Waals surface area contributed by atoms with E-state index in [2.05, 4.69) is 46.7 Å². The van der Waals surface area contributed by atoms with Crippen LogP contribution in [0.15, 0.2) is 78.2 Å². The van der Waals surface area contributed by atoms with E-state index in [9.17, 15) is 5.11 Å². The van der Waals surface area contributed by atoms with Gasteiger partial charge in [0.25, 0.3) is 0 Å². The average Bonchev–Trinajstić information content (AvgIpc) is 3.09. The molecule has 3 aromatic rings. The number of nitrogens with zero attached hydrogens (tertiary/aromatic N) is 1. The normalized spacial score (nSPS) is 12.4. The van der Waals surface area contributed by atoms with Gasteiger partial charge < -0.3 is 5.11 Å². The summed E-state index contributed by atoms with van der Waals surface area (Å²) in [6, 6.07) is 24.5. The number of aliphatic hydroxyl groups is 1. The topological polar surface area (TPSA) is 23.5 Å². The van der Waals surface area contributed by atoms with Gasteiger partial charge >= 0.3 is 0 Å². The van der Waals surface area contributed by atoms with Crippen LogP contribution in [0, 0.1) is 0 Å². The van der Waals surface area contributed by atoms with E-state index in [1.54, 1.807) is 11.3 Å². The van der Waals surface area contributed by atoms with Crippen LogP contribution in [0.2, 0.25) is 0 Å². The van der Waals surface area contributed by atoms with Gasteiger partial charge in [-0.25, -0.2) is 0 Å². The molecule has 1 atom stereocenters. The Morgan fingerprint density at radius 2 is 1.52 bits per heavy atom. The number of hydrogen-bond acceptors (Lipinski definition) is 3. The monoisotopic (exact) mass is 323 g/mol. The minimum atomic E-state index is -0.472. The van der Waals surface area contributed by atoms with Crippen LogP contribution in [0.4, 0.5) is 0 Å². The van der Waals surface area contributed by atoms with Crippen LogP contribution in [-0.2, 0) is 13.1 Å². The first-order valence-corrected chi connectivity index (χ1v) is 8.71. The van der Waals surface area contributed by atoms with Crippen molar-refractivity contribution < 1.29 is 5.11 Å². The second-order valence-corrected chi connectivity index (χ2v) is 6.69. The van der Waals surface area contributed by atoms with Crippen molar-refractivity contribution in [2.24, 2.45) is 0 Å². The number of thiophene rings is 1. The lowest BCUT2D eigenvalue weighted by Gasteiger charge is -2.25. The molecule has 0 radical (unpaired) electrons. The Labute approximate surface area is 141 Å². The molecule has 0 bridgehead atoms. The summed E-state index contributed by atoms with van der Waals surface area (Å²) < 4.78 is 0. The van der Waals surface area contributed by atoms with Crippen LogP contribution in [-0.4, -0.2) is 16.6 Å². The van der Waals surface area contributed by atoms with Gasteiger partial charge in [-0.15, -0.1) is 11.3 Å². The maximum Gasteiger partial charge on any atom is 0.0917 e. The number of aliphatic hydroxyl groups excluding tert-OH is 1. The largest absolute Gasteiger partial charge is 0.387 e. The smallest absolute Gasteiger partial charge is 0.0917 e. The van der Waals surface area contributed by atoms with Crippen molar-refractivity contribution in [3.63, 3.8) is 0 Å². The molecule has 0 spiro atoms. The molecule has 23 heavy (non-hydrogen) atoms. The third-order valence-corrected chi connectivity index (χ3v) is 4.69. The maximum atomic E-state index is 10.6. The molecule has 2 aromatic carbocycles. The zero-order valence-electron chi connectivity index (χ0n) is 13.0. The molecule has 0 saturated heterocycles. The van der Waals surface area contributed by atoms with Gasteiger partial charge in [-0.3, -0.25) is 4.90 Å². The Kier molecular flexibility index (Phi) is 5.59. The molecule has 2 nitrogen and oxygen atoms in total. The van der Waals surface area contributed by atoms with Crippen molar-refractivity contribution in [2.75, 3.05) is 6.54 Å². The van der Waals surface area contributed by atoms with Gasteiger partial charge in [-0.1, -0.05) is 66.7 Å². The van der Waals surface area contributed by atoms with E-state index < -0.39 is 6.10 Å². The summed E-state index contributed by atoms with van der Waals surface area (Å²) in [5.74, 6) is 0. The van der Waals surface area contributed by atoms with E-state index in [0.29, 0.717) is 6.54 Å². The Morgan fingerprint density at radius 1 is 0.826 bits per heavy atom. The molecule has 1 unspecified atom stereocenters. The Balaban J connectivity index is 1.71. The summed E-state index contributed by atoms with van der Waals surface area (Å²) in [6.45, 7) is 2.32. The molecule has 1 N–H and O–H groups in total.